The molecule has 0 fully saturated rings. The average molecular weight is 545 g/mol. The number of aromatic amines is 1. The fraction of sp³-hybridized carbons (Fsp3) is 0.200. The van der Waals surface area contributed by atoms with Crippen LogP contribution < -0.4 is 15.1 Å². The van der Waals surface area contributed by atoms with Crippen LogP contribution >= 0.6 is 0 Å². The van der Waals surface area contributed by atoms with E-state index in [0.717, 1.165) is 33.0 Å². The minimum atomic E-state index is -4.05. The summed E-state index contributed by atoms with van der Waals surface area (Å²) in [5.41, 5.74) is 3.67. The van der Waals surface area contributed by atoms with E-state index in [-0.39, 0.29) is 17.1 Å². The molecule has 0 radical (unpaired) electrons. The maximum absolute atomic E-state index is 13.6. The van der Waals surface area contributed by atoms with Gasteiger partial charge in [0.05, 0.1) is 4.90 Å². The van der Waals surface area contributed by atoms with Gasteiger partial charge in [0, 0.05) is 40.5 Å². The van der Waals surface area contributed by atoms with Gasteiger partial charge in [-0.25, -0.2) is 18.0 Å². The van der Waals surface area contributed by atoms with Crippen molar-refractivity contribution in [2.75, 3.05) is 0 Å². The van der Waals surface area contributed by atoms with Crippen molar-refractivity contribution in [1.29, 1.82) is 0 Å². The topological polar surface area (TPSA) is 118 Å². The van der Waals surface area contributed by atoms with Crippen LogP contribution in [0.25, 0.3) is 21.9 Å². The molecule has 8 nitrogen and oxygen atoms in total. The molecule has 5 rings (SSSR count). The van der Waals surface area contributed by atoms with Crippen molar-refractivity contribution in [2.24, 2.45) is 0 Å². The van der Waals surface area contributed by atoms with Gasteiger partial charge in [-0.2, -0.15) is 4.72 Å². The van der Waals surface area contributed by atoms with Gasteiger partial charge in [-0.15, -0.1) is 0 Å². The third-order valence-electron chi connectivity index (χ3n) is 6.80. The molecule has 5 aromatic rings. The highest BCUT2D eigenvalue weighted by Gasteiger charge is 2.29. The second-order valence-corrected chi connectivity index (χ2v) is 11.2. The highest BCUT2D eigenvalue weighted by molar-refractivity contribution is 7.89. The lowest BCUT2D eigenvalue weighted by atomic mass is 10.0. The number of carbonyl (C=O) groups is 1. The van der Waals surface area contributed by atoms with Gasteiger partial charge in [-0.3, -0.25) is 0 Å². The number of benzene rings is 3. The van der Waals surface area contributed by atoms with Gasteiger partial charge in [-0.05, 0) is 61.7 Å². The fourth-order valence-corrected chi connectivity index (χ4v) is 5.84. The Morgan fingerprint density at radius 1 is 1.00 bits per heavy atom. The zero-order valence-electron chi connectivity index (χ0n) is 21.8. The van der Waals surface area contributed by atoms with E-state index in [0.29, 0.717) is 17.6 Å². The van der Waals surface area contributed by atoms with Crippen molar-refractivity contribution in [3.8, 4) is 5.75 Å². The maximum atomic E-state index is 13.6. The third-order valence-corrected chi connectivity index (χ3v) is 8.29. The van der Waals surface area contributed by atoms with Gasteiger partial charge in [0.15, 0.2) is 0 Å². The predicted octanol–water partition coefficient (Wildman–Crippen LogP) is 4.95. The van der Waals surface area contributed by atoms with E-state index in [9.17, 15) is 18.0 Å². The lowest BCUT2D eigenvalue weighted by molar-refractivity contribution is -0.136. The summed E-state index contributed by atoms with van der Waals surface area (Å²) in [5.74, 6) is -0.602. The van der Waals surface area contributed by atoms with Crippen LogP contribution in [0.15, 0.2) is 87.0 Å². The second-order valence-electron chi connectivity index (χ2n) is 9.48. The van der Waals surface area contributed by atoms with Crippen LogP contribution in [0.1, 0.15) is 29.2 Å². The molecule has 0 amide bonds. The Morgan fingerprint density at radius 3 is 2.49 bits per heavy atom. The Hall–Kier alpha value is -4.21. The van der Waals surface area contributed by atoms with E-state index < -0.39 is 27.7 Å². The summed E-state index contributed by atoms with van der Waals surface area (Å²) in [6, 6.07) is 17.5. The number of sulfonamides is 1. The summed E-state index contributed by atoms with van der Waals surface area (Å²) in [6.07, 6.45) is 2.44. The molecule has 39 heavy (non-hydrogen) atoms. The Balaban J connectivity index is 1.51. The van der Waals surface area contributed by atoms with Crippen molar-refractivity contribution in [3.05, 3.63) is 106 Å². The van der Waals surface area contributed by atoms with Crippen LogP contribution in [-0.2, 0) is 27.7 Å². The number of H-pyrrole nitrogens is 1. The quantitative estimate of drug-likeness (QED) is 0.162. The van der Waals surface area contributed by atoms with Gasteiger partial charge in [0.25, 0.3) is 0 Å². The molecule has 9 heteroatoms. The number of carbonyl (C=O) groups excluding carboxylic acids is 1. The number of nitrogens with one attached hydrogen (secondary N) is 2. The molecule has 2 N–H and O–H groups in total. The van der Waals surface area contributed by atoms with Crippen LogP contribution in [-0.4, -0.2) is 25.4 Å². The smallest absolute Gasteiger partial charge is 0.336 e. The van der Waals surface area contributed by atoms with Gasteiger partial charge < -0.3 is 14.1 Å². The zero-order chi connectivity index (χ0) is 27.7. The van der Waals surface area contributed by atoms with E-state index in [1.165, 1.54) is 18.2 Å². The predicted molar refractivity (Wildman–Crippen MR) is 150 cm³/mol. The average Bonchev–Trinajstić information content (AvgIpc) is 3.32. The number of ether oxygens (including phenoxy) is 1. The molecule has 0 bridgehead atoms. The summed E-state index contributed by atoms with van der Waals surface area (Å²) < 4.78 is 40.3. The monoisotopic (exact) mass is 544 g/mol. The zero-order valence-corrected chi connectivity index (χ0v) is 22.6. The standard InChI is InChI=1S/C30H28N2O6S/c1-4-20-16-28(33)38-29-19(3)27(14-13-24(20)29)37-30(34)26(15-21-17-31-25-8-6-5-7-23(21)25)32-39(35,36)22-11-9-18(2)10-12-22/h5-14,16-17,26,31-32H,4,15H2,1-3H3/t26-/m0/s1. The maximum Gasteiger partial charge on any atom is 0.336 e. The number of hydrogen-bond donors (Lipinski definition) is 2. The van der Waals surface area contributed by atoms with Crippen LogP contribution in [0.4, 0.5) is 0 Å². The second kappa shape index (κ2) is 10.5. The van der Waals surface area contributed by atoms with E-state index in [1.807, 2.05) is 38.1 Å². The number of aryl methyl sites for hydroxylation is 3. The van der Waals surface area contributed by atoms with Gasteiger partial charge in [-0.1, -0.05) is 42.8 Å². The molecule has 0 saturated carbocycles. The molecular formula is C30H28N2O6S. The molecule has 3 aromatic carbocycles. The highest BCUT2D eigenvalue weighted by Crippen LogP contribution is 2.29. The third kappa shape index (κ3) is 5.36. The van der Waals surface area contributed by atoms with Crippen molar-refractivity contribution >= 4 is 37.9 Å². The molecule has 0 saturated heterocycles. The van der Waals surface area contributed by atoms with E-state index in [4.69, 9.17) is 9.15 Å². The van der Waals surface area contributed by atoms with E-state index >= 15 is 0 Å². The lowest BCUT2D eigenvalue weighted by Crippen LogP contribution is -2.44. The Kier molecular flexibility index (Phi) is 7.12. The SMILES string of the molecule is CCc1cc(=O)oc2c(C)c(OC(=O)[C@H](Cc3c[nH]c4ccccc34)NS(=O)(=O)c3ccc(C)cc3)ccc12. The van der Waals surface area contributed by atoms with Crippen molar-refractivity contribution in [2.45, 2.75) is 44.6 Å². The van der Waals surface area contributed by atoms with E-state index in [2.05, 4.69) is 9.71 Å². The molecule has 2 heterocycles. The molecular weight excluding hydrogens is 516 g/mol. The first-order valence-electron chi connectivity index (χ1n) is 12.6. The van der Waals surface area contributed by atoms with Crippen LogP contribution in [0, 0.1) is 13.8 Å². The normalized spacial score (nSPS) is 12.6. The number of para-hydroxylation sites is 1. The molecule has 0 unspecified atom stereocenters. The van der Waals surface area contributed by atoms with Crippen LogP contribution in [0.2, 0.25) is 0 Å². The largest absolute Gasteiger partial charge is 0.425 e. The first kappa shape index (κ1) is 26.4. The number of fused-ring (bicyclic) bond motifs is 2. The summed E-state index contributed by atoms with van der Waals surface area (Å²) in [5, 5.41) is 1.63. The van der Waals surface area contributed by atoms with Crippen molar-refractivity contribution < 1.29 is 22.4 Å². The first-order valence-corrected chi connectivity index (χ1v) is 14.1. The number of rotatable bonds is 8. The molecule has 1 atom stereocenters. The summed E-state index contributed by atoms with van der Waals surface area (Å²) in [6.45, 7) is 5.49. The summed E-state index contributed by atoms with van der Waals surface area (Å²) >= 11 is 0. The summed E-state index contributed by atoms with van der Waals surface area (Å²) in [7, 11) is -4.05. The first-order chi connectivity index (χ1) is 18.7. The van der Waals surface area contributed by atoms with Crippen molar-refractivity contribution in [3.63, 3.8) is 0 Å². The van der Waals surface area contributed by atoms with Gasteiger partial charge >= 0.3 is 11.6 Å². The molecule has 0 aliphatic rings. The Morgan fingerprint density at radius 2 is 1.74 bits per heavy atom. The number of hydrogen-bond acceptors (Lipinski definition) is 6. The summed E-state index contributed by atoms with van der Waals surface area (Å²) in [4.78, 5) is 28.9. The van der Waals surface area contributed by atoms with Gasteiger partial charge in [0.2, 0.25) is 10.0 Å². The number of aromatic nitrogens is 1. The van der Waals surface area contributed by atoms with Crippen molar-refractivity contribution in [1.82, 2.24) is 9.71 Å². The fourth-order valence-electron chi connectivity index (χ4n) is 4.66. The van der Waals surface area contributed by atoms with Gasteiger partial charge in [0.1, 0.15) is 17.4 Å². The van der Waals surface area contributed by atoms with E-state index in [1.54, 1.807) is 37.4 Å². The number of esters is 1. The van der Waals surface area contributed by atoms with Crippen LogP contribution in [0.5, 0.6) is 5.75 Å². The molecule has 200 valence electrons. The van der Waals surface area contributed by atoms with Crippen LogP contribution in [0.3, 0.4) is 0 Å². The molecule has 0 spiro atoms. The minimum Gasteiger partial charge on any atom is -0.425 e. The Labute approximate surface area is 225 Å². The minimum absolute atomic E-state index is 0.0422. The Bertz CT molecular complexity index is 1850. The molecule has 2 aromatic heterocycles. The molecule has 0 aliphatic carbocycles. The highest BCUT2D eigenvalue weighted by atomic mass is 32.2. The lowest BCUT2D eigenvalue weighted by Gasteiger charge is -2.19. The molecule has 0 aliphatic heterocycles.